The van der Waals surface area contributed by atoms with E-state index in [1.165, 1.54) is 25.7 Å². The molecule has 4 heteroatoms. The summed E-state index contributed by atoms with van der Waals surface area (Å²) in [6, 6.07) is 2.13. The molecule has 1 N–H and O–H groups in total. The second-order valence-corrected chi connectivity index (χ2v) is 6.27. The van der Waals surface area contributed by atoms with E-state index in [2.05, 4.69) is 35.1 Å². The Hall–Kier alpha value is -0.800. The molecule has 1 aliphatic heterocycles. The molecule has 20 heavy (non-hydrogen) atoms. The van der Waals surface area contributed by atoms with Crippen molar-refractivity contribution in [2.45, 2.75) is 46.1 Å². The number of aromatic nitrogens is 1. The molecule has 0 aromatic carbocycles. The summed E-state index contributed by atoms with van der Waals surface area (Å²) < 4.78 is 0. The summed E-state index contributed by atoms with van der Waals surface area (Å²) >= 11 is 6.18. The first-order valence-electron chi connectivity index (χ1n) is 7.68. The van der Waals surface area contributed by atoms with Crippen LogP contribution in [0.5, 0.6) is 0 Å². The molecule has 3 nitrogen and oxygen atoms in total. The van der Waals surface area contributed by atoms with Crippen LogP contribution in [0.15, 0.2) is 12.3 Å². The van der Waals surface area contributed by atoms with E-state index < -0.39 is 0 Å². The minimum Gasteiger partial charge on any atom is -0.357 e. The second kappa shape index (κ2) is 6.77. The molecule has 1 fully saturated rings. The van der Waals surface area contributed by atoms with Crippen LogP contribution in [0.3, 0.4) is 0 Å². The number of nitrogens with zero attached hydrogens (tertiary/aromatic N) is 2. The maximum Gasteiger partial charge on any atom is 0.128 e. The number of anilines is 1. The van der Waals surface area contributed by atoms with Crippen LogP contribution < -0.4 is 10.2 Å². The molecular weight excluding hydrogens is 270 g/mol. The summed E-state index contributed by atoms with van der Waals surface area (Å²) in [5, 5.41) is 3.90. The molecule has 2 rings (SSSR count). The van der Waals surface area contributed by atoms with Crippen LogP contribution in [-0.2, 0) is 6.54 Å². The lowest BCUT2D eigenvalue weighted by Gasteiger charge is -2.41. The van der Waals surface area contributed by atoms with Crippen molar-refractivity contribution in [3.8, 4) is 0 Å². The third-order valence-electron chi connectivity index (χ3n) is 4.94. The Morgan fingerprint density at radius 1 is 1.30 bits per heavy atom. The van der Waals surface area contributed by atoms with E-state index in [0.717, 1.165) is 36.0 Å². The highest BCUT2D eigenvalue weighted by molar-refractivity contribution is 6.31. The molecule has 0 atom stereocenters. The third-order valence-corrected chi connectivity index (χ3v) is 5.28. The van der Waals surface area contributed by atoms with Gasteiger partial charge in [-0.25, -0.2) is 4.98 Å². The lowest BCUT2D eigenvalue weighted by atomic mass is 9.74. The van der Waals surface area contributed by atoms with Crippen LogP contribution >= 0.6 is 11.6 Å². The van der Waals surface area contributed by atoms with Gasteiger partial charge >= 0.3 is 0 Å². The Labute approximate surface area is 127 Å². The predicted molar refractivity (Wildman–Crippen MR) is 86.5 cm³/mol. The van der Waals surface area contributed by atoms with E-state index in [4.69, 9.17) is 11.6 Å². The number of halogens is 1. The molecule has 1 saturated heterocycles. The van der Waals surface area contributed by atoms with Crippen molar-refractivity contribution in [2.75, 3.05) is 25.0 Å². The SMILES string of the molecule is CCC1(CC)CCN(c2cc(CNC)c(Cl)cn2)CC1. The minimum atomic E-state index is 0.552. The van der Waals surface area contributed by atoms with Crippen molar-refractivity contribution in [1.82, 2.24) is 10.3 Å². The summed E-state index contributed by atoms with van der Waals surface area (Å²) in [4.78, 5) is 6.91. The third kappa shape index (κ3) is 3.26. The summed E-state index contributed by atoms with van der Waals surface area (Å²) in [5.74, 6) is 1.07. The first-order chi connectivity index (χ1) is 9.64. The second-order valence-electron chi connectivity index (χ2n) is 5.86. The normalized spacial score (nSPS) is 18.3. The quantitative estimate of drug-likeness (QED) is 0.894. The Kier molecular flexibility index (Phi) is 5.28. The fourth-order valence-electron chi connectivity index (χ4n) is 3.13. The van der Waals surface area contributed by atoms with Gasteiger partial charge in [-0.05, 0) is 36.9 Å². The van der Waals surface area contributed by atoms with Crippen LogP contribution in [0, 0.1) is 5.41 Å². The van der Waals surface area contributed by atoms with Gasteiger partial charge in [0.05, 0.1) is 5.02 Å². The molecule has 0 amide bonds. The summed E-state index contributed by atoms with van der Waals surface area (Å²) in [7, 11) is 1.94. The van der Waals surface area contributed by atoms with Crippen LogP contribution in [0.4, 0.5) is 5.82 Å². The maximum atomic E-state index is 6.18. The van der Waals surface area contributed by atoms with Crippen molar-refractivity contribution in [3.63, 3.8) is 0 Å². The molecule has 0 bridgehead atoms. The molecule has 112 valence electrons. The van der Waals surface area contributed by atoms with Crippen molar-refractivity contribution >= 4 is 17.4 Å². The molecular formula is C16H26ClN3. The van der Waals surface area contributed by atoms with E-state index >= 15 is 0 Å². The van der Waals surface area contributed by atoms with Gasteiger partial charge < -0.3 is 10.2 Å². The number of pyridine rings is 1. The minimum absolute atomic E-state index is 0.552. The van der Waals surface area contributed by atoms with Crippen LogP contribution in [0.25, 0.3) is 0 Å². The highest BCUT2D eigenvalue weighted by atomic mass is 35.5. The van der Waals surface area contributed by atoms with Gasteiger partial charge in [0.2, 0.25) is 0 Å². The van der Waals surface area contributed by atoms with Crippen molar-refractivity contribution in [2.24, 2.45) is 5.41 Å². The zero-order valence-corrected chi connectivity index (χ0v) is 13.6. The first kappa shape index (κ1) is 15.6. The molecule has 1 aliphatic rings. The zero-order chi connectivity index (χ0) is 14.6. The van der Waals surface area contributed by atoms with Gasteiger partial charge in [-0.2, -0.15) is 0 Å². The van der Waals surface area contributed by atoms with Crippen LogP contribution in [0.2, 0.25) is 5.02 Å². The number of nitrogens with one attached hydrogen (secondary N) is 1. The van der Waals surface area contributed by atoms with Crippen LogP contribution in [0.1, 0.15) is 45.1 Å². The fraction of sp³-hybridized carbons (Fsp3) is 0.688. The number of rotatable bonds is 5. The molecule has 1 aromatic heterocycles. The topological polar surface area (TPSA) is 28.2 Å². The van der Waals surface area contributed by atoms with Crippen molar-refractivity contribution < 1.29 is 0 Å². The lowest BCUT2D eigenvalue weighted by Crippen LogP contribution is -2.40. The van der Waals surface area contributed by atoms with E-state index in [0.29, 0.717) is 5.41 Å². The van der Waals surface area contributed by atoms with E-state index in [1.54, 1.807) is 6.20 Å². The van der Waals surface area contributed by atoms with Crippen molar-refractivity contribution in [3.05, 3.63) is 22.8 Å². The molecule has 0 radical (unpaired) electrons. The van der Waals surface area contributed by atoms with E-state index in [1.807, 2.05) is 7.05 Å². The van der Waals surface area contributed by atoms with Gasteiger partial charge in [0, 0.05) is 25.8 Å². The molecule has 0 aliphatic carbocycles. The Morgan fingerprint density at radius 2 is 1.95 bits per heavy atom. The molecule has 2 heterocycles. The monoisotopic (exact) mass is 295 g/mol. The van der Waals surface area contributed by atoms with Gasteiger partial charge in [0.25, 0.3) is 0 Å². The Morgan fingerprint density at radius 3 is 2.50 bits per heavy atom. The smallest absolute Gasteiger partial charge is 0.128 e. The highest BCUT2D eigenvalue weighted by Gasteiger charge is 2.31. The van der Waals surface area contributed by atoms with Crippen LogP contribution in [-0.4, -0.2) is 25.1 Å². The standard InChI is InChI=1S/C16H26ClN3/c1-4-16(5-2)6-8-20(9-7-16)15-10-13(11-18-3)14(17)12-19-15/h10,12,18H,4-9,11H2,1-3H3. The molecule has 0 unspecified atom stereocenters. The van der Waals surface area contributed by atoms with Gasteiger partial charge in [-0.1, -0.05) is 38.3 Å². The van der Waals surface area contributed by atoms with Gasteiger partial charge in [0.15, 0.2) is 0 Å². The largest absolute Gasteiger partial charge is 0.357 e. The number of hydrogen-bond donors (Lipinski definition) is 1. The Bertz CT molecular complexity index is 433. The van der Waals surface area contributed by atoms with E-state index in [9.17, 15) is 0 Å². The van der Waals surface area contributed by atoms with Gasteiger partial charge in [-0.15, -0.1) is 0 Å². The average molecular weight is 296 g/mol. The first-order valence-corrected chi connectivity index (χ1v) is 8.06. The average Bonchev–Trinajstić information content (AvgIpc) is 2.50. The number of piperidine rings is 1. The number of hydrogen-bond acceptors (Lipinski definition) is 3. The summed E-state index contributed by atoms with van der Waals surface area (Å²) in [6.07, 6.45) is 6.90. The maximum absolute atomic E-state index is 6.18. The zero-order valence-electron chi connectivity index (χ0n) is 12.9. The molecule has 1 aromatic rings. The van der Waals surface area contributed by atoms with E-state index in [-0.39, 0.29) is 0 Å². The molecule has 0 saturated carbocycles. The highest BCUT2D eigenvalue weighted by Crippen LogP contribution is 2.39. The predicted octanol–water partition coefficient (Wildman–Crippen LogP) is 3.86. The summed E-state index contributed by atoms with van der Waals surface area (Å²) in [5.41, 5.74) is 1.68. The fourth-order valence-corrected chi connectivity index (χ4v) is 3.30. The summed E-state index contributed by atoms with van der Waals surface area (Å²) in [6.45, 7) is 7.65. The lowest BCUT2D eigenvalue weighted by molar-refractivity contribution is 0.199. The van der Waals surface area contributed by atoms with Gasteiger partial charge in [0.1, 0.15) is 5.82 Å². The van der Waals surface area contributed by atoms with Crippen molar-refractivity contribution in [1.29, 1.82) is 0 Å². The van der Waals surface area contributed by atoms with Gasteiger partial charge in [-0.3, -0.25) is 0 Å². The Balaban J connectivity index is 2.09. The molecule has 0 spiro atoms.